The first-order chi connectivity index (χ1) is 19.9. The van der Waals surface area contributed by atoms with Crippen LogP contribution in [0.2, 0.25) is 0 Å². The molecule has 2 aliphatic heterocycles. The summed E-state index contributed by atoms with van der Waals surface area (Å²) in [6, 6.07) is 16.4. The lowest BCUT2D eigenvalue weighted by Crippen LogP contribution is -2.27. The molecule has 0 spiro atoms. The number of allylic oxidation sites excluding steroid dienone is 4. The fourth-order valence-corrected chi connectivity index (χ4v) is 7.06. The second-order valence-electron chi connectivity index (χ2n) is 13.3. The topological polar surface area (TPSA) is 32.7 Å². The zero-order valence-corrected chi connectivity index (χ0v) is 25.3. The standard InChI is InChI=1S/C38H46N2O/c1-27(2)32-8-4-5-20-38(3,25-32)34-17-15-28(16-18-34)31-13-14-33-26-39-21-19-36(35(33)24-31)40-22-6-9-29(10-7-23-40)37(41)30-11-12-30/h8-9,13-19,21,24,27,30H,4-7,10-12,20,22-23,25-26H2,1-3H3/b29-9-/t38-/m1/s1. The molecule has 1 fully saturated rings. The minimum absolute atomic E-state index is 0.204. The number of aliphatic imine (C=N–C) groups is 1. The summed E-state index contributed by atoms with van der Waals surface area (Å²) in [5.74, 6) is 1.36. The van der Waals surface area contributed by atoms with Gasteiger partial charge in [0.05, 0.1) is 6.54 Å². The van der Waals surface area contributed by atoms with Gasteiger partial charge in [0.25, 0.3) is 0 Å². The molecule has 0 radical (unpaired) electrons. The zero-order valence-electron chi connectivity index (χ0n) is 25.3. The van der Waals surface area contributed by atoms with Crippen LogP contribution in [0.15, 0.2) is 76.8 Å². The second-order valence-corrected chi connectivity index (χ2v) is 13.3. The molecule has 4 aliphatic rings. The maximum absolute atomic E-state index is 12.7. The molecule has 3 heteroatoms. The van der Waals surface area contributed by atoms with E-state index in [4.69, 9.17) is 0 Å². The molecule has 1 saturated carbocycles. The maximum atomic E-state index is 12.7. The Morgan fingerprint density at radius 3 is 2.56 bits per heavy atom. The van der Waals surface area contributed by atoms with Gasteiger partial charge in [-0.15, -0.1) is 0 Å². The van der Waals surface area contributed by atoms with Crippen molar-refractivity contribution in [2.75, 3.05) is 13.1 Å². The van der Waals surface area contributed by atoms with Crippen molar-refractivity contribution in [2.45, 2.75) is 90.5 Å². The highest BCUT2D eigenvalue weighted by atomic mass is 16.1. The minimum Gasteiger partial charge on any atom is -0.371 e. The highest BCUT2D eigenvalue weighted by Crippen LogP contribution is 2.41. The first-order valence-corrected chi connectivity index (χ1v) is 16.0. The summed E-state index contributed by atoms with van der Waals surface area (Å²) in [4.78, 5) is 19.9. The smallest absolute Gasteiger partial charge is 0.161 e. The average Bonchev–Trinajstić information content (AvgIpc) is 3.82. The molecule has 0 bridgehead atoms. The van der Waals surface area contributed by atoms with Gasteiger partial charge in [-0.1, -0.05) is 74.9 Å². The maximum Gasteiger partial charge on any atom is 0.161 e. The molecule has 0 N–H and O–H groups in total. The van der Waals surface area contributed by atoms with E-state index in [0.29, 0.717) is 24.2 Å². The molecule has 3 nitrogen and oxygen atoms in total. The van der Waals surface area contributed by atoms with E-state index in [2.05, 4.69) is 91.4 Å². The summed E-state index contributed by atoms with van der Waals surface area (Å²) in [6.45, 7) is 9.76. The molecule has 0 aromatic heterocycles. The molecule has 1 atom stereocenters. The lowest BCUT2D eigenvalue weighted by atomic mass is 9.73. The Balaban J connectivity index is 1.23. The number of fused-ring (bicyclic) bond motifs is 1. The van der Waals surface area contributed by atoms with Gasteiger partial charge < -0.3 is 4.90 Å². The van der Waals surface area contributed by atoms with Gasteiger partial charge in [-0.25, -0.2) is 0 Å². The minimum atomic E-state index is 0.204. The van der Waals surface area contributed by atoms with Crippen molar-refractivity contribution in [1.82, 2.24) is 4.90 Å². The van der Waals surface area contributed by atoms with Crippen LogP contribution >= 0.6 is 0 Å². The molecular formula is C38H46N2O. The number of Topliss-reactive ketones (excluding diaryl/α,β-unsaturated/α-hetero) is 1. The van der Waals surface area contributed by atoms with Gasteiger partial charge in [0, 0.05) is 36.5 Å². The van der Waals surface area contributed by atoms with Gasteiger partial charge in [0.2, 0.25) is 0 Å². The van der Waals surface area contributed by atoms with Gasteiger partial charge in [-0.3, -0.25) is 9.79 Å². The summed E-state index contributed by atoms with van der Waals surface area (Å²) < 4.78 is 0. The summed E-state index contributed by atoms with van der Waals surface area (Å²) in [5.41, 5.74) is 10.8. The van der Waals surface area contributed by atoms with Gasteiger partial charge in [0.1, 0.15) is 0 Å². The normalized spacial score (nSPS) is 24.7. The number of hydrogen-bond donors (Lipinski definition) is 0. The molecule has 2 aliphatic carbocycles. The van der Waals surface area contributed by atoms with Gasteiger partial charge >= 0.3 is 0 Å². The average molecular weight is 547 g/mol. The third-order valence-electron chi connectivity index (χ3n) is 9.84. The van der Waals surface area contributed by atoms with Crippen LogP contribution in [0, 0.1) is 11.8 Å². The van der Waals surface area contributed by atoms with Crippen molar-refractivity contribution < 1.29 is 4.79 Å². The molecule has 2 heterocycles. The van der Waals surface area contributed by atoms with E-state index in [1.165, 1.54) is 52.8 Å². The van der Waals surface area contributed by atoms with Crippen molar-refractivity contribution in [3.8, 4) is 11.1 Å². The Morgan fingerprint density at radius 1 is 0.976 bits per heavy atom. The first-order valence-electron chi connectivity index (χ1n) is 16.0. The van der Waals surface area contributed by atoms with Crippen LogP contribution in [0.4, 0.5) is 0 Å². The molecule has 214 valence electrons. The fourth-order valence-electron chi connectivity index (χ4n) is 7.06. The molecular weight excluding hydrogens is 500 g/mol. The Labute approximate surface area is 247 Å². The van der Waals surface area contributed by atoms with Crippen LogP contribution in [0.5, 0.6) is 0 Å². The summed E-state index contributed by atoms with van der Waals surface area (Å²) in [6.07, 6.45) is 18.8. The van der Waals surface area contributed by atoms with Crippen LogP contribution < -0.4 is 0 Å². The number of carbonyl (C=O) groups is 1. The quantitative estimate of drug-likeness (QED) is 0.339. The van der Waals surface area contributed by atoms with Crippen LogP contribution in [0.1, 0.15) is 95.2 Å². The van der Waals surface area contributed by atoms with Gasteiger partial charge in [0.15, 0.2) is 5.78 Å². The van der Waals surface area contributed by atoms with Crippen LogP contribution in [0.3, 0.4) is 0 Å². The monoisotopic (exact) mass is 546 g/mol. The molecule has 41 heavy (non-hydrogen) atoms. The van der Waals surface area contributed by atoms with E-state index in [1.807, 2.05) is 6.21 Å². The summed E-state index contributed by atoms with van der Waals surface area (Å²) in [7, 11) is 0. The van der Waals surface area contributed by atoms with E-state index in [9.17, 15) is 4.79 Å². The Morgan fingerprint density at radius 2 is 1.78 bits per heavy atom. The Bertz CT molecular complexity index is 1400. The second kappa shape index (κ2) is 12.0. The molecule has 6 rings (SSSR count). The first kappa shape index (κ1) is 27.9. The fraction of sp³-hybridized carbons (Fsp3) is 0.474. The van der Waals surface area contributed by atoms with Crippen LogP contribution in [0.25, 0.3) is 16.8 Å². The van der Waals surface area contributed by atoms with Crippen LogP contribution in [-0.2, 0) is 16.8 Å². The van der Waals surface area contributed by atoms with Gasteiger partial charge in [-0.05, 0) is 109 Å². The third kappa shape index (κ3) is 6.20. The number of rotatable bonds is 6. The largest absolute Gasteiger partial charge is 0.371 e. The zero-order chi connectivity index (χ0) is 28.4. The van der Waals surface area contributed by atoms with Crippen molar-refractivity contribution in [2.24, 2.45) is 16.8 Å². The van der Waals surface area contributed by atoms with Crippen LogP contribution in [-0.4, -0.2) is 30.0 Å². The molecule has 0 saturated heterocycles. The van der Waals surface area contributed by atoms with Crippen molar-refractivity contribution >= 4 is 17.7 Å². The number of hydrogen-bond acceptors (Lipinski definition) is 3. The van der Waals surface area contributed by atoms with E-state index >= 15 is 0 Å². The van der Waals surface area contributed by atoms with E-state index in [0.717, 1.165) is 57.2 Å². The molecule has 0 unspecified atom stereocenters. The third-order valence-corrected chi connectivity index (χ3v) is 9.84. The predicted molar refractivity (Wildman–Crippen MR) is 172 cm³/mol. The number of nitrogens with zero attached hydrogens (tertiary/aromatic N) is 2. The lowest BCUT2D eigenvalue weighted by Gasteiger charge is -2.31. The van der Waals surface area contributed by atoms with Crippen molar-refractivity contribution in [3.63, 3.8) is 0 Å². The molecule has 2 aromatic carbocycles. The number of ketones is 1. The predicted octanol–water partition coefficient (Wildman–Crippen LogP) is 9.08. The SMILES string of the molecule is CC(C)C1=CCCC[C@@](C)(c2ccc(-c3ccc4c(c3)C(N3CC/C=C(\C(=O)C5CC5)CCC3)=CC=NC4)cc2)C1. The molecule has 2 aromatic rings. The molecule has 0 amide bonds. The number of carbonyl (C=O) groups excluding carboxylic acids is 1. The highest BCUT2D eigenvalue weighted by Gasteiger charge is 2.32. The summed E-state index contributed by atoms with van der Waals surface area (Å²) >= 11 is 0. The lowest BCUT2D eigenvalue weighted by molar-refractivity contribution is -0.116. The Kier molecular flexibility index (Phi) is 8.15. The van der Waals surface area contributed by atoms with Crippen molar-refractivity contribution in [3.05, 3.63) is 88.5 Å². The number of benzene rings is 2. The van der Waals surface area contributed by atoms with E-state index in [-0.39, 0.29) is 5.41 Å². The highest BCUT2D eigenvalue weighted by molar-refractivity contribution is 5.98. The van der Waals surface area contributed by atoms with E-state index in [1.54, 1.807) is 5.57 Å². The Hall–Kier alpha value is -3.20. The van der Waals surface area contributed by atoms with Gasteiger partial charge in [-0.2, -0.15) is 0 Å². The van der Waals surface area contributed by atoms with E-state index < -0.39 is 0 Å². The van der Waals surface area contributed by atoms with Crippen molar-refractivity contribution in [1.29, 1.82) is 0 Å². The summed E-state index contributed by atoms with van der Waals surface area (Å²) in [5, 5.41) is 0.